The monoisotopic (exact) mass is 357 g/mol. The van der Waals surface area contributed by atoms with Crippen LogP contribution in [-0.2, 0) is 17.9 Å². The number of aromatic nitrogens is 3. The van der Waals surface area contributed by atoms with Gasteiger partial charge in [0, 0.05) is 25.7 Å². The highest BCUT2D eigenvalue weighted by molar-refractivity contribution is 5.31. The summed E-state index contributed by atoms with van der Waals surface area (Å²) in [5.41, 5.74) is 0. The van der Waals surface area contributed by atoms with Gasteiger partial charge >= 0.3 is 0 Å². The lowest BCUT2D eigenvalue weighted by atomic mass is 9.82. The molecule has 2 aliphatic rings. The van der Waals surface area contributed by atoms with Crippen molar-refractivity contribution in [3.05, 3.63) is 35.9 Å². The Morgan fingerprint density at radius 1 is 1.04 bits per heavy atom. The molecule has 26 heavy (non-hydrogen) atoms. The van der Waals surface area contributed by atoms with E-state index < -0.39 is 0 Å². The van der Waals surface area contributed by atoms with Gasteiger partial charge in [-0.3, -0.25) is 0 Å². The fourth-order valence-corrected chi connectivity index (χ4v) is 4.12. The molecule has 1 unspecified atom stereocenters. The molecule has 3 heterocycles. The van der Waals surface area contributed by atoms with Gasteiger partial charge in [0.15, 0.2) is 5.82 Å². The summed E-state index contributed by atoms with van der Waals surface area (Å²) in [6.45, 7) is 3.19. The molecule has 1 fully saturated rings. The molecule has 0 radical (unpaired) electrons. The summed E-state index contributed by atoms with van der Waals surface area (Å²) >= 11 is 0. The van der Waals surface area contributed by atoms with E-state index in [0.717, 1.165) is 55.7 Å². The standard InChI is InChI=1S/C20H27N3O3/c1-24-16-5-7-17(8-6-16)26-14-19-21-22-20-18(4-2-3-11-23(19)20)15-9-12-25-13-10-15/h5-8,15,18H,2-4,9-14H2,1H3. The van der Waals surface area contributed by atoms with E-state index in [0.29, 0.717) is 18.4 Å². The van der Waals surface area contributed by atoms with Gasteiger partial charge in [0.2, 0.25) is 0 Å². The van der Waals surface area contributed by atoms with E-state index in [4.69, 9.17) is 14.2 Å². The predicted octanol–water partition coefficient (Wildman–Crippen LogP) is 3.56. The molecule has 0 aliphatic carbocycles. The average molecular weight is 357 g/mol. The normalized spacial score (nSPS) is 21.0. The first-order valence-electron chi connectivity index (χ1n) is 9.61. The summed E-state index contributed by atoms with van der Waals surface area (Å²) < 4.78 is 19.0. The van der Waals surface area contributed by atoms with Crippen LogP contribution in [0.1, 0.15) is 49.7 Å². The SMILES string of the molecule is COc1ccc(OCc2nnc3n2CCCCC3C2CCOCC2)cc1. The van der Waals surface area contributed by atoms with Crippen LogP contribution in [0, 0.1) is 5.92 Å². The van der Waals surface area contributed by atoms with E-state index in [-0.39, 0.29) is 0 Å². The van der Waals surface area contributed by atoms with Crippen LogP contribution in [0.5, 0.6) is 11.5 Å². The summed E-state index contributed by atoms with van der Waals surface area (Å²) in [4.78, 5) is 0. The average Bonchev–Trinajstić information content (AvgIpc) is 2.97. The number of hydrogen-bond acceptors (Lipinski definition) is 5. The van der Waals surface area contributed by atoms with Gasteiger partial charge in [-0.1, -0.05) is 6.42 Å². The Morgan fingerprint density at radius 3 is 2.58 bits per heavy atom. The number of nitrogens with zero attached hydrogens (tertiary/aromatic N) is 3. The predicted molar refractivity (Wildman–Crippen MR) is 97.5 cm³/mol. The van der Waals surface area contributed by atoms with E-state index in [1.165, 1.54) is 19.3 Å². The number of ether oxygens (including phenoxy) is 3. The molecule has 1 saturated heterocycles. The minimum absolute atomic E-state index is 0.444. The Morgan fingerprint density at radius 2 is 1.81 bits per heavy atom. The Bertz CT molecular complexity index is 708. The van der Waals surface area contributed by atoms with Crippen LogP contribution in [0.3, 0.4) is 0 Å². The quantitative estimate of drug-likeness (QED) is 0.819. The fraction of sp³-hybridized carbons (Fsp3) is 0.600. The fourth-order valence-electron chi connectivity index (χ4n) is 4.12. The van der Waals surface area contributed by atoms with E-state index in [2.05, 4.69) is 14.8 Å². The second-order valence-corrected chi connectivity index (χ2v) is 7.14. The van der Waals surface area contributed by atoms with Crippen molar-refractivity contribution in [2.75, 3.05) is 20.3 Å². The maximum Gasteiger partial charge on any atom is 0.171 e. The van der Waals surface area contributed by atoms with Crippen molar-refractivity contribution in [2.24, 2.45) is 5.92 Å². The molecule has 6 heteroatoms. The van der Waals surface area contributed by atoms with Gasteiger partial charge in [-0.25, -0.2) is 0 Å². The van der Waals surface area contributed by atoms with Gasteiger partial charge in [-0.2, -0.15) is 0 Å². The number of benzene rings is 1. The van der Waals surface area contributed by atoms with Gasteiger partial charge in [-0.15, -0.1) is 10.2 Å². The molecule has 0 N–H and O–H groups in total. The highest BCUT2D eigenvalue weighted by Gasteiger charge is 2.31. The molecule has 1 aromatic heterocycles. The van der Waals surface area contributed by atoms with Gasteiger partial charge in [-0.05, 0) is 55.9 Å². The maximum atomic E-state index is 5.94. The number of fused-ring (bicyclic) bond motifs is 1. The van der Waals surface area contributed by atoms with E-state index in [1.54, 1.807) is 7.11 Å². The van der Waals surface area contributed by atoms with Crippen molar-refractivity contribution >= 4 is 0 Å². The van der Waals surface area contributed by atoms with Crippen LogP contribution in [-0.4, -0.2) is 35.1 Å². The third-order valence-corrected chi connectivity index (χ3v) is 5.60. The first kappa shape index (κ1) is 17.3. The minimum atomic E-state index is 0.444. The third-order valence-electron chi connectivity index (χ3n) is 5.60. The molecule has 0 amide bonds. The molecule has 4 rings (SSSR count). The molecule has 2 aromatic rings. The summed E-state index contributed by atoms with van der Waals surface area (Å²) in [7, 11) is 1.66. The van der Waals surface area contributed by atoms with Crippen LogP contribution in [0.2, 0.25) is 0 Å². The molecular weight excluding hydrogens is 330 g/mol. The lowest BCUT2D eigenvalue weighted by Crippen LogP contribution is -2.24. The minimum Gasteiger partial charge on any atom is -0.497 e. The number of hydrogen-bond donors (Lipinski definition) is 0. The molecular formula is C20H27N3O3. The van der Waals surface area contributed by atoms with Crippen LogP contribution in [0.15, 0.2) is 24.3 Å². The van der Waals surface area contributed by atoms with Gasteiger partial charge in [0.25, 0.3) is 0 Å². The zero-order valence-corrected chi connectivity index (χ0v) is 15.4. The van der Waals surface area contributed by atoms with E-state index in [9.17, 15) is 0 Å². The van der Waals surface area contributed by atoms with Crippen LogP contribution in [0.4, 0.5) is 0 Å². The van der Waals surface area contributed by atoms with E-state index >= 15 is 0 Å². The zero-order chi connectivity index (χ0) is 17.8. The van der Waals surface area contributed by atoms with Crippen LogP contribution < -0.4 is 9.47 Å². The molecule has 1 aromatic carbocycles. The molecule has 1 atom stereocenters. The van der Waals surface area contributed by atoms with Crippen LogP contribution >= 0.6 is 0 Å². The summed E-state index contributed by atoms with van der Waals surface area (Å²) in [5, 5.41) is 9.05. The molecule has 0 bridgehead atoms. The third kappa shape index (κ3) is 3.70. The first-order valence-corrected chi connectivity index (χ1v) is 9.61. The maximum absolute atomic E-state index is 5.94. The zero-order valence-electron chi connectivity index (χ0n) is 15.4. The van der Waals surface area contributed by atoms with Crippen molar-refractivity contribution in [1.82, 2.24) is 14.8 Å². The van der Waals surface area contributed by atoms with Crippen molar-refractivity contribution in [3.8, 4) is 11.5 Å². The van der Waals surface area contributed by atoms with E-state index in [1.807, 2.05) is 24.3 Å². The highest BCUT2D eigenvalue weighted by Crippen LogP contribution is 2.37. The second kappa shape index (κ2) is 8.08. The molecule has 0 spiro atoms. The van der Waals surface area contributed by atoms with Gasteiger partial charge < -0.3 is 18.8 Å². The molecule has 6 nitrogen and oxygen atoms in total. The Balaban J connectivity index is 1.48. The Labute approximate surface area is 154 Å². The lowest BCUT2D eigenvalue weighted by Gasteiger charge is -2.28. The molecule has 140 valence electrons. The van der Waals surface area contributed by atoms with Crippen molar-refractivity contribution in [1.29, 1.82) is 0 Å². The first-order chi connectivity index (χ1) is 12.8. The highest BCUT2D eigenvalue weighted by atomic mass is 16.5. The summed E-state index contributed by atoms with van der Waals surface area (Å²) in [6, 6.07) is 7.65. The van der Waals surface area contributed by atoms with Crippen molar-refractivity contribution in [3.63, 3.8) is 0 Å². The number of methoxy groups -OCH3 is 1. The molecule has 0 saturated carbocycles. The topological polar surface area (TPSA) is 58.4 Å². The summed E-state index contributed by atoms with van der Waals surface area (Å²) in [5.74, 6) is 4.90. The van der Waals surface area contributed by atoms with Gasteiger partial charge in [0.1, 0.15) is 23.9 Å². The summed E-state index contributed by atoms with van der Waals surface area (Å²) in [6.07, 6.45) is 5.91. The van der Waals surface area contributed by atoms with Crippen LogP contribution in [0.25, 0.3) is 0 Å². The smallest absolute Gasteiger partial charge is 0.171 e. The molecule has 2 aliphatic heterocycles. The second-order valence-electron chi connectivity index (χ2n) is 7.14. The van der Waals surface area contributed by atoms with Gasteiger partial charge in [0.05, 0.1) is 7.11 Å². The Hall–Kier alpha value is -2.08. The Kier molecular flexibility index (Phi) is 5.39. The van der Waals surface area contributed by atoms with Crippen molar-refractivity contribution in [2.45, 2.75) is 51.2 Å². The largest absolute Gasteiger partial charge is 0.497 e. The van der Waals surface area contributed by atoms with Crippen molar-refractivity contribution < 1.29 is 14.2 Å². The number of rotatable bonds is 5. The lowest BCUT2D eigenvalue weighted by molar-refractivity contribution is 0.0556.